The highest BCUT2D eigenvalue weighted by Gasteiger charge is 2.24. The summed E-state index contributed by atoms with van der Waals surface area (Å²) in [4.78, 5) is 28.8. The second kappa shape index (κ2) is 9.49. The van der Waals surface area contributed by atoms with E-state index in [0.717, 1.165) is 28.3 Å². The zero-order chi connectivity index (χ0) is 22.7. The molecule has 0 unspecified atom stereocenters. The van der Waals surface area contributed by atoms with Gasteiger partial charge in [0.2, 0.25) is 0 Å². The summed E-state index contributed by atoms with van der Waals surface area (Å²) in [7, 11) is 1.76. The van der Waals surface area contributed by atoms with Gasteiger partial charge in [0.25, 0.3) is 5.91 Å². The van der Waals surface area contributed by atoms with E-state index in [1.165, 1.54) is 16.7 Å². The number of aryl methyl sites for hydroxylation is 3. The van der Waals surface area contributed by atoms with Crippen molar-refractivity contribution in [1.29, 1.82) is 0 Å². The fourth-order valence-electron chi connectivity index (χ4n) is 3.71. The Hall–Kier alpha value is -3.25. The monoisotopic (exact) mass is 445 g/mol. The maximum atomic E-state index is 12.9. The molecule has 0 radical (unpaired) electrons. The van der Waals surface area contributed by atoms with Gasteiger partial charge in [0.1, 0.15) is 0 Å². The van der Waals surface area contributed by atoms with Crippen LogP contribution >= 0.6 is 11.8 Å². The van der Waals surface area contributed by atoms with Gasteiger partial charge >= 0.3 is 6.03 Å². The largest absolute Gasteiger partial charge is 0.338 e. The number of nitrogens with one attached hydrogen (secondary N) is 2. The molecule has 6 heteroatoms. The molecule has 1 heterocycles. The van der Waals surface area contributed by atoms with Crippen molar-refractivity contribution in [2.45, 2.75) is 36.5 Å². The van der Waals surface area contributed by atoms with Crippen molar-refractivity contribution in [2.75, 3.05) is 23.8 Å². The lowest BCUT2D eigenvalue weighted by atomic mass is 10.0. The fourth-order valence-corrected chi connectivity index (χ4v) is 4.80. The minimum absolute atomic E-state index is 0.0557. The summed E-state index contributed by atoms with van der Waals surface area (Å²) in [6, 6.07) is 19.5. The van der Waals surface area contributed by atoms with Crippen molar-refractivity contribution in [3.8, 4) is 0 Å². The van der Waals surface area contributed by atoms with E-state index in [0.29, 0.717) is 17.8 Å². The first kappa shape index (κ1) is 22.0. The summed E-state index contributed by atoms with van der Waals surface area (Å²) in [5.41, 5.74) is 5.99. The average Bonchev–Trinajstić information content (AvgIpc) is 2.89. The summed E-state index contributed by atoms with van der Waals surface area (Å²) >= 11 is 1.56. The quantitative estimate of drug-likeness (QED) is 0.488. The minimum Gasteiger partial charge on any atom is -0.338 e. The number of nitrogens with zero attached hydrogens (tertiary/aromatic N) is 1. The molecular formula is C26H27N3O2S. The Bertz CT molecular complexity index is 1180. The fraction of sp³-hybridized carbons (Fsp3) is 0.231. The first-order valence-electron chi connectivity index (χ1n) is 10.7. The first-order chi connectivity index (χ1) is 15.4. The Balaban J connectivity index is 1.35. The molecule has 1 aliphatic heterocycles. The summed E-state index contributed by atoms with van der Waals surface area (Å²) in [6.45, 7) is 4.82. The van der Waals surface area contributed by atoms with Crippen molar-refractivity contribution in [3.05, 3.63) is 82.9 Å². The van der Waals surface area contributed by atoms with Crippen LogP contribution in [-0.2, 0) is 6.42 Å². The van der Waals surface area contributed by atoms with Gasteiger partial charge in [-0.3, -0.25) is 4.79 Å². The SMILES string of the molecule is Cc1ccc(CCCNC(=O)Nc2ccc3c(c2)N(C)C(=O)c2ccccc2S3)cc1C. The molecule has 0 saturated heterocycles. The molecule has 0 bridgehead atoms. The van der Waals surface area contributed by atoms with Crippen LogP contribution in [0.2, 0.25) is 0 Å². The molecule has 0 saturated carbocycles. The van der Waals surface area contributed by atoms with E-state index >= 15 is 0 Å². The van der Waals surface area contributed by atoms with Crippen LogP contribution < -0.4 is 15.5 Å². The zero-order valence-electron chi connectivity index (χ0n) is 18.6. The van der Waals surface area contributed by atoms with Gasteiger partial charge in [0.15, 0.2) is 0 Å². The van der Waals surface area contributed by atoms with Gasteiger partial charge in [0, 0.05) is 29.1 Å². The highest BCUT2D eigenvalue weighted by Crippen LogP contribution is 2.41. The Morgan fingerprint density at radius 2 is 1.78 bits per heavy atom. The van der Waals surface area contributed by atoms with Crippen LogP contribution in [0.15, 0.2) is 70.5 Å². The third kappa shape index (κ3) is 4.81. The van der Waals surface area contributed by atoms with E-state index in [-0.39, 0.29) is 11.9 Å². The third-order valence-corrected chi connectivity index (χ3v) is 6.86. The van der Waals surface area contributed by atoms with Gasteiger partial charge < -0.3 is 15.5 Å². The molecule has 0 fully saturated rings. The molecule has 32 heavy (non-hydrogen) atoms. The Morgan fingerprint density at radius 1 is 0.969 bits per heavy atom. The van der Waals surface area contributed by atoms with Crippen LogP contribution in [0.1, 0.15) is 33.5 Å². The number of benzene rings is 3. The number of amides is 3. The van der Waals surface area contributed by atoms with E-state index in [2.05, 4.69) is 42.7 Å². The van der Waals surface area contributed by atoms with E-state index < -0.39 is 0 Å². The maximum absolute atomic E-state index is 12.9. The second-order valence-corrected chi connectivity index (χ2v) is 9.13. The predicted molar refractivity (Wildman–Crippen MR) is 131 cm³/mol. The number of urea groups is 1. The molecule has 3 aromatic carbocycles. The molecule has 0 spiro atoms. The minimum atomic E-state index is -0.247. The summed E-state index contributed by atoms with van der Waals surface area (Å²) < 4.78 is 0. The van der Waals surface area contributed by atoms with Crippen LogP contribution in [0.4, 0.5) is 16.2 Å². The highest BCUT2D eigenvalue weighted by molar-refractivity contribution is 7.99. The Morgan fingerprint density at radius 3 is 2.59 bits per heavy atom. The van der Waals surface area contributed by atoms with Gasteiger partial charge in [-0.15, -0.1) is 0 Å². The van der Waals surface area contributed by atoms with Gasteiger partial charge in [-0.25, -0.2) is 4.79 Å². The zero-order valence-corrected chi connectivity index (χ0v) is 19.4. The van der Waals surface area contributed by atoms with E-state index in [1.54, 1.807) is 23.7 Å². The molecule has 2 N–H and O–H groups in total. The Kier molecular flexibility index (Phi) is 6.51. The third-order valence-electron chi connectivity index (χ3n) is 5.72. The number of fused-ring (bicyclic) bond motifs is 2. The van der Waals surface area contributed by atoms with Crippen LogP contribution in [0.25, 0.3) is 0 Å². The predicted octanol–water partition coefficient (Wildman–Crippen LogP) is 5.80. The molecule has 0 aliphatic carbocycles. The Labute approximate surface area is 193 Å². The van der Waals surface area contributed by atoms with Gasteiger partial charge in [-0.1, -0.05) is 42.1 Å². The first-order valence-corrected chi connectivity index (χ1v) is 11.5. The van der Waals surface area contributed by atoms with Crippen LogP contribution in [0.3, 0.4) is 0 Å². The lowest BCUT2D eigenvalue weighted by molar-refractivity contribution is 0.0990. The number of carbonyl (C=O) groups is 2. The lowest BCUT2D eigenvalue weighted by Gasteiger charge is -2.18. The van der Waals surface area contributed by atoms with Crippen LogP contribution in [0, 0.1) is 13.8 Å². The second-order valence-electron chi connectivity index (χ2n) is 8.05. The maximum Gasteiger partial charge on any atom is 0.319 e. The molecule has 1 aliphatic rings. The van der Waals surface area contributed by atoms with Gasteiger partial charge in [-0.2, -0.15) is 0 Å². The number of rotatable bonds is 5. The molecular weight excluding hydrogens is 418 g/mol. The lowest BCUT2D eigenvalue weighted by Crippen LogP contribution is -2.30. The molecule has 0 atom stereocenters. The summed E-state index contributed by atoms with van der Waals surface area (Å²) in [6.07, 6.45) is 1.79. The van der Waals surface area contributed by atoms with Crippen molar-refractivity contribution >= 4 is 35.1 Å². The number of anilines is 2. The van der Waals surface area contributed by atoms with Crippen molar-refractivity contribution in [3.63, 3.8) is 0 Å². The van der Waals surface area contributed by atoms with Crippen molar-refractivity contribution in [1.82, 2.24) is 5.32 Å². The topological polar surface area (TPSA) is 61.4 Å². The van der Waals surface area contributed by atoms with Crippen LogP contribution in [0.5, 0.6) is 0 Å². The number of carbonyl (C=O) groups excluding carboxylic acids is 2. The molecule has 164 valence electrons. The van der Waals surface area contributed by atoms with Crippen LogP contribution in [-0.4, -0.2) is 25.5 Å². The molecule has 3 aromatic rings. The molecule has 3 amide bonds. The standard InChI is InChI=1S/C26H27N3O2S/c1-17-10-11-19(15-18(17)2)7-6-14-27-26(31)28-20-12-13-24-22(16-20)29(3)25(30)21-8-4-5-9-23(21)32-24/h4-5,8-13,15-16H,6-7,14H2,1-3H3,(H2,27,28,31). The van der Waals surface area contributed by atoms with Gasteiger partial charge in [-0.05, 0) is 73.7 Å². The molecule has 4 rings (SSSR count). The molecule has 5 nitrogen and oxygen atoms in total. The summed E-state index contributed by atoms with van der Waals surface area (Å²) in [5, 5.41) is 5.81. The van der Waals surface area contributed by atoms with E-state index in [1.807, 2.05) is 42.5 Å². The van der Waals surface area contributed by atoms with Crippen molar-refractivity contribution in [2.24, 2.45) is 0 Å². The average molecular weight is 446 g/mol. The van der Waals surface area contributed by atoms with E-state index in [4.69, 9.17) is 0 Å². The number of hydrogen-bond donors (Lipinski definition) is 2. The van der Waals surface area contributed by atoms with Gasteiger partial charge in [0.05, 0.1) is 11.3 Å². The smallest absolute Gasteiger partial charge is 0.319 e. The normalized spacial score (nSPS) is 12.6. The molecule has 0 aromatic heterocycles. The van der Waals surface area contributed by atoms with Crippen molar-refractivity contribution < 1.29 is 9.59 Å². The van der Waals surface area contributed by atoms with E-state index in [9.17, 15) is 9.59 Å². The summed E-state index contributed by atoms with van der Waals surface area (Å²) in [5.74, 6) is -0.0557. The highest BCUT2D eigenvalue weighted by atomic mass is 32.2. The number of hydrogen-bond acceptors (Lipinski definition) is 3.